The Morgan fingerprint density at radius 3 is 2.68 bits per heavy atom. The van der Waals surface area contributed by atoms with Crippen molar-refractivity contribution in [1.82, 2.24) is 0 Å². The summed E-state index contributed by atoms with van der Waals surface area (Å²) < 4.78 is 10.9. The number of ketones is 1. The molecule has 0 N–H and O–H groups in total. The highest BCUT2D eigenvalue weighted by Crippen LogP contribution is 2.31. The van der Waals surface area contributed by atoms with Crippen molar-refractivity contribution in [2.75, 3.05) is 13.7 Å². The van der Waals surface area contributed by atoms with Gasteiger partial charge in [-0.15, -0.1) is 0 Å². The van der Waals surface area contributed by atoms with Gasteiger partial charge in [0.25, 0.3) is 0 Å². The second kappa shape index (κ2) is 6.06. The Hall–Kier alpha value is -2.55. The van der Waals surface area contributed by atoms with Crippen LogP contribution >= 0.6 is 0 Å². The number of fused-ring (bicyclic) bond motifs is 1. The molecule has 22 heavy (non-hydrogen) atoms. The van der Waals surface area contributed by atoms with E-state index in [1.807, 2.05) is 55.5 Å². The third kappa shape index (κ3) is 2.62. The molecule has 0 aliphatic heterocycles. The fourth-order valence-corrected chi connectivity index (χ4v) is 2.72. The van der Waals surface area contributed by atoms with Crippen molar-refractivity contribution in [3.63, 3.8) is 0 Å². The zero-order chi connectivity index (χ0) is 15.5. The summed E-state index contributed by atoms with van der Waals surface area (Å²) in [4.78, 5) is 12.4. The number of hydrogen-bond donors (Lipinski definition) is 0. The number of hydrogen-bond acceptors (Lipinski definition) is 3. The van der Waals surface area contributed by atoms with Gasteiger partial charge in [0, 0.05) is 17.6 Å². The number of carbonyl (C=O) groups is 1. The summed E-state index contributed by atoms with van der Waals surface area (Å²) in [5.74, 6) is 1.51. The molecular weight excluding hydrogens is 276 g/mol. The van der Waals surface area contributed by atoms with Crippen LogP contribution in [0.3, 0.4) is 0 Å². The lowest BCUT2D eigenvalue weighted by molar-refractivity contribution is 0.104. The molecule has 0 saturated heterocycles. The Labute approximate surface area is 130 Å². The van der Waals surface area contributed by atoms with E-state index in [4.69, 9.17) is 9.47 Å². The van der Waals surface area contributed by atoms with E-state index in [9.17, 15) is 4.79 Å². The van der Waals surface area contributed by atoms with Crippen LogP contribution in [0.1, 0.15) is 28.4 Å². The fraction of sp³-hybridized carbons (Fsp3) is 0.211. The quantitative estimate of drug-likeness (QED) is 0.802. The number of methoxy groups -OCH3 is 1. The van der Waals surface area contributed by atoms with Crippen LogP contribution in [0.4, 0.5) is 0 Å². The lowest BCUT2D eigenvalue weighted by Crippen LogP contribution is -1.97. The van der Waals surface area contributed by atoms with Crippen LogP contribution in [0.2, 0.25) is 0 Å². The number of Topliss-reactive ketones (excluding diaryl/α,β-unsaturated/α-hetero) is 1. The van der Waals surface area contributed by atoms with E-state index in [0.717, 1.165) is 22.3 Å². The first-order valence-electron chi connectivity index (χ1n) is 7.37. The van der Waals surface area contributed by atoms with Gasteiger partial charge in [0.05, 0.1) is 13.7 Å². The minimum absolute atomic E-state index is 0.114. The molecule has 0 unspecified atom stereocenters. The summed E-state index contributed by atoms with van der Waals surface area (Å²) in [6.45, 7) is 2.52. The number of carbonyl (C=O) groups excluding carboxylic acids is 1. The highest BCUT2D eigenvalue weighted by Gasteiger charge is 2.23. The number of ether oxygens (including phenoxy) is 2. The van der Waals surface area contributed by atoms with Crippen molar-refractivity contribution in [3.8, 4) is 11.5 Å². The molecule has 0 amide bonds. The molecule has 3 nitrogen and oxygen atoms in total. The molecule has 0 heterocycles. The van der Waals surface area contributed by atoms with Gasteiger partial charge in [-0.25, -0.2) is 0 Å². The maximum Gasteiger partial charge on any atom is 0.189 e. The monoisotopic (exact) mass is 294 g/mol. The van der Waals surface area contributed by atoms with Crippen molar-refractivity contribution < 1.29 is 14.3 Å². The molecule has 0 aromatic heterocycles. The second-order valence-electron chi connectivity index (χ2n) is 5.18. The van der Waals surface area contributed by atoms with E-state index in [1.54, 1.807) is 7.11 Å². The van der Waals surface area contributed by atoms with Gasteiger partial charge >= 0.3 is 0 Å². The summed E-state index contributed by atoms with van der Waals surface area (Å²) in [6, 6.07) is 13.5. The number of allylic oxidation sites excluding steroid dienone is 1. The molecule has 0 saturated carbocycles. The number of benzene rings is 2. The Bertz CT molecular complexity index is 744. The van der Waals surface area contributed by atoms with Crippen LogP contribution in [-0.2, 0) is 6.42 Å². The molecule has 2 aromatic rings. The standard InChI is InChI=1S/C19H18O3/c1-3-22-17-9-8-13(11-18(17)21-2)10-15-12-14-6-4-5-7-16(14)19(15)20/h4-11H,3,12H2,1-2H3/b15-10+. The molecule has 112 valence electrons. The molecule has 1 aliphatic carbocycles. The van der Waals surface area contributed by atoms with Gasteiger partial charge in [-0.1, -0.05) is 30.3 Å². The second-order valence-corrected chi connectivity index (χ2v) is 5.18. The highest BCUT2D eigenvalue weighted by atomic mass is 16.5. The smallest absolute Gasteiger partial charge is 0.189 e. The lowest BCUT2D eigenvalue weighted by Gasteiger charge is -2.09. The zero-order valence-electron chi connectivity index (χ0n) is 12.8. The van der Waals surface area contributed by atoms with E-state index in [2.05, 4.69) is 0 Å². The maximum atomic E-state index is 12.4. The van der Waals surface area contributed by atoms with E-state index in [-0.39, 0.29) is 5.78 Å². The van der Waals surface area contributed by atoms with Crippen molar-refractivity contribution >= 4 is 11.9 Å². The van der Waals surface area contributed by atoms with Gasteiger partial charge in [0.1, 0.15) is 0 Å². The first-order chi connectivity index (χ1) is 10.7. The van der Waals surface area contributed by atoms with Crippen molar-refractivity contribution in [1.29, 1.82) is 0 Å². The average molecular weight is 294 g/mol. The third-order valence-corrected chi connectivity index (χ3v) is 3.76. The van der Waals surface area contributed by atoms with Gasteiger partial charge in [0.2, 0.25) is 0 Å². The lowest BCUT2D eigenvalue weighted by atomic mass is 10.1. The minimum Gasteiger partial charge on any atom is -0.493 e. The van der Waals surface area contributed by atoms with Crippen molar-refractivity contribution in [2.45, 2.75) is 13.3 Å². The molecule has 0 bridgehead atoms. The summed E-state index contributed by atoms with van der Waals surface area (Å²) >= 11 is 0. The van der Waals surface area contributed by atoms with Crippen LogP contribution in [0, 0.1) is 0 Å². The van der Waals surface area contributed by atoms with Gasteiger partial charge in [-0.05, 0) is 36.3 Å². The van der Waals surface area contributed by atoms with E-state index in [0.29, 0.717) is 24.5 Å². The molecule has 0 atom stereocenters. The first-order valence-corrected chi connectivity index (χ1v) is 7.37. The van der Waals surface area contributed by atoms with E-state index in [1.165, 1.54) is 0 Å². The molecule has 3 rings (SSSR count). The van der Waals surface area contributed by atoms with Gasteiger partial charge in [-0.3, -0.25) is 4.79 Å². The van der Waals surface area contributed by atoms with E-state index < -0.39 is 0 Å². The first kappa shape index (κ1) is 14.4. The van der Waals surface area contributed by atoms with Crippen LogP contribution in [-0.4, -0.2) is 19.5 Å². The maximum absolute atomic E-state index is 12.4. The minimum atomic E-state index is 0.114. The molecule has 3 heteroatoms. The SMILES string of the molecule is CCOc1ccc(/C=C2\Cc3ccccc3C2=O)cc1OC. The van der Waals surface area contributed by atoms with Crippen LogP contribution in [0.15, 0.2) is 48.0 Å². The van der Waals surface area contributed by atoms with Gasteiger partial charge in [-0.2, -0.15) is 0 Å². The largest absolute Gasteiger partial charge is 0.493 e. The summed E-state index contributed by atoms with van der Waals surface area (Å²) in [5, 5.41) is 0. The molecule has 0 radical (unpaired) electrons. The highest BCUT2D eigenvalue weighted by molar-refractivity contribution is 6.15. The zero-order valence-corrected chi connectivity index (χ0v) is 12.8. The summed E-state index contributed by atoms with van der Waals surface area (Å²) in [6.07, 6.45) is 2.62. The van der Waals surface area contributed by atoms with Crippen LogP contribution in [0.5, 0.6) is 11.5 Å². The Morgan fingerprint density at radius 1 is 1.14 bits per heavy atom. The van der Waals surface area contributed by atoms with Crippen molar-refractivity contribution in [3.05, 3.63) is 64.7 Å². The normalized spacial score (nSPS) is 15.0. The summed E-state index contributed by atoms with van der Waals surface area (Å²) in [7, 11) is 1.62. The third-order valence-electron chi connectivity index (χ3n) is 3.76. The predicted octanol–water partition coefficient (Wildman–Crippen LogP) is 3.92. The van der Waals surface area contributed by atoms with Crippen molar-refractivity contribution in [2.24, 2.45) is 0 Å². The van der Waals surface area contributed by atoms with E-state index >= 15 is 0 Å². The molecule has 0 spiro atoms. The molecule has 0 fully saturated rings. The Kier molecular flexibility index (Phi) is 3.96. The topological polar surface area (TPSA) is 35.5 Å². The van der Waals surface area contributed by atoms with Crippen LogP contribution in [0.25, 0.3) is 6.08 Å². The molecular formula is C19H18O3. The average Bonchev–Trinajstić information content (AvgIpc) is 2.85. The summed E-state index contributed by atoms with van der Waals surface area (Å²) in [5.41, 5.74) is 3.66. The van der Waals surface area contributed by atoms with Gasteiger partial charge in [0.15, 0.2) is 17.3 Å². The molecule has 1 aliphatic rings. The Balaban J connectivity index is 1.92. The molecule has 2 aromatic carbocycles. The Morgan fingerprint density at radius 2 is 1.95 bits per heavy atom. The van der Waals surface area contributed by atoms with Crippen LogP contribution < -0.4 is 9.47 Å². The number of rotatable bonds is 4. The van der Waals surface area contributed by atoms with Gasteiger partial charge < -0.3 is 9.47 Å². The fourth-order valence-electron chi connectivity index (χ4n) is 2.72. The predicted molar refractivity (Wildman–Crippen MR) is 86.6 cm³/mol.